The number of methoxy groups -OCH3 is 1. The van der Waals surface area contributed by atoms with Crippen LogP contribution in [-0.2, 0) is 32.7 Å². The number of aryl methyl sites for hydroxylation is 1. The lowest BCUT2D eigenvalue weighted by Crippen LogP contribution is -2.35. The number of rotatable bonds is 11. The van der Waals surface area contributed by atoms with E-state index in [9.17, 15) is 14.9 Å². The van der Waals surface area contributed by atoms with Crippen molar-refractivity contribution in [3.63, 3.8) is 0 Å². The molecular formula is C29H40N6O6. The highest BCUT2D eigenvalue weighted by Gasteiger charge is 2.31. The lowest BCUT2D eigenvalue weighted by molar-refractivity contribution is -0.156. The van der Waals surface area contributed by atoms with Crippen LogP contribution < -0.4 is 4.74 Å². The third-order valence-electron chi connectivity index (χ3n) is 7.96. The molecule has 0 radical (unpaired) electrons. The third-order valence-corrected chi connectivity index (χ3v) is 7.96. The van der Waals surface area contributed by atoms with Crippen LogP contribution in [0.2, 0.25) is 0 Å². The fourth-order valence-corrected chi connectivity index (χ4v) is 5.45. The van der Waals surface area contributed by atoms with Crippen molar-refractivity contribution >= 4 is 12.1 Å². The Morgan fingerprint density at radius 3 is 2.71 bits per heavy atom. The van der Waals surface area contributed by atoms with Gasteiger partial charge in [0.15, 0.2) is 0 Å². The molecule has 4 rings (SSSR count). The summed E-state index contributed by atoms with van der Waals surface area (Å²) in [7, 11) is 5.14. The maximum absolute atomic E-state index is 12.7. The highest BCUT2D eigenvalue weighted by atomic mass is 16.6. The molecule has 1 unspecified atom stereocenters. The number of nitriles is 1. The summed E-state index contributed by atoms with van der Waals surface area (Å²) in [6.45, 7) is 2.39. The van der Waals surface area contributed by atoms with Crippen LogP contribution in [0.3, 0.4) is 0 Å². The highest BCUT2D eigenvalue weighted by Crippen LogP contribution is 2.31. The minimum absolute atomic E-state index is 0.00714. The molecule has 0 N–H and O–H groups in total. The minimum atomic E-state index is -0.379. The normalized spacial score (nSPS) is 19.8. The Morgan fingerprint density at radius 1 is 1.20 bits per heavy atom. The smallest absolute Gasteiger partial charge is 0.410 e. The molecule has 2 aliphatic carbocycles. The molecule has 2 aliphatic rings. The van der Waals surface area contributed by atoms with Gasteiger partial charge in [-0.25, -0.2) is 14.8 Å². The standard InChI is InChI=1S/C29H40N6O6/c1-19(12-13-38-4)40-28(36)20-8-7-11-22(14-20)41-27-24(15-30)33-25(17-31-27)23-16-32-35(3)26(23)18-39-29(37)34(2)21-9-5-6-10-21/h16-17,19-22H,5-14,18H2,1-4H3/t19?,20-,22-/m0/s1. The maximum atomic E-state index is 12.7. The van der Waals surface area contributed by atoms with Crippen molar-refractivity contribution < 1.29 is 28.5 Å². The van der Waals surface area contributed by atoms with E-state index in [1.807, 2.05) is 6.92 Å². The predicted molar refractivity (Wildman–Crippen MR) is 148 cm³/mol. The topological polar surface area (TPSA) is 142 Å². The SMILES string of the molecule is COCCC(C)OC(=O)[C@H]1CCC[C@H](Oc2ncc(-c3cnn(C)c3COC(=O)N(C)C3CCCC3)nc2C#N)C1. The summed E-state index contributed by atoms with van der Waals surface area (Å²) in [6.07, 6.45) is 9.87. The Hall–Kier alpha value is -3.72. The molecule has 2 aromatic rings. The quantitative estimate of drug-likeness (QED) is 0.363. The van der Waals surface area contributed by atoms with Gasteiger partial charge in [-0.1, -0.05) is 12.8 Å². The summed E-state index contributed by atoms with van der Waals surface area (Å²) in [5, 5.41) is 14.1. The first-order chi connectivity index (χ1) is 19.8. The molecule has 0 saturated heterocycles. The number of amides is 1. The van der Waals surface area contributed by atoms with Crippen LogP contribution in [0.1, 0.15) is 76.1 Å². The Balaban J connectivity index is 1.40. The molecule has 0 aromatic carbocycles. The number of nitrogens with zero attached hydrogens (tertiary/aromatic N) is 6. The largest absolute Gasteiger partial charge is 0.472 e. The van der Waals surface area contributed by atoms with E-state index in [1.165, 1.54) is 6.20 Å². The van der Waals surface area contributed by atoms with E-state index >= 15 is 0 Å². The summed E-state index contributed by atoms with van der Waals surface area (Å²) in [5.74, 6) is -0.383. The number of hydrogen-bond donors (Lipinski definition) is 0. The molecule has 3 atom stereocenters. The van der Waals surface area contributed by atoms with Gasteiger partial charge in [0, 0.05) is 45.8 Å². The zero-order valence-electron chi connectivity index (χ0n) is 24.4. The van der Waals surface area contributed by atoms with Gasteiger partial charge in [0.2, 0.25) is 5.69 Å². The van der Waals surface area contributed by atoms with E-state index in [0.29, 0.717) is 36.4 Å². The van der Waals surface area contributed by atoms with E-state index in [1.54, 1.807) is 37.0 Å². The average molecular weight is 569 g/mol. The first-order valence-corrected chi connectivity index (χ1v) is 14.3. The van der Waals surface area contributed by atoms with E-state index in [-0.39, 0.29) is 54.4 Å². The van der Waals surface area contributed by atoms with Crippen molar-refractivity contribution in [1.29, 1.82) is 5.26 Å². The minimum Gasteiger partial charge on any atom is -0.472 e. The molecule has 41 heavy (non-hydrogen) atoms. The Labute approximate surface area is 240 Å². The fraction of sp³-hybridized carbons (Fsp3) is 0.655. The van der Waals surface area contributed by atoms with Crippen LogP contribution in [0.25, 0.3) is 11.3 Å². The Morgan fingerprint density at radius 2 is 1.98 bits per heavy atom. The first kappa shape index (κ1) is 30.2. The Kier molecular flexibility index (Phi) is 10.5. The van der Waals surface area contributed by atoms with Gasteiger partial charge < -0.3 is 23.8 Å². The van der Waals surface area contributed by atoms with Gasteiger partial charge in [0.25, 0.3) is 5.88 Å². The van der Waals surface area contributed by atoms with Crippen molar-refractivity contribution in [3.8, 4) is 23.2 Å². The molecule has 0 spiro atoms. The van der Waals surface area contributed by atoms with Gasteiger partial charge in [-0.2, -0.15) is 10.4 Å². The molecular weight excluding hydrogens is 528 g/mol. The molecule has 0 bridgehead atoms. The zero-order chi connectivity index (χ0) is 29.4. The van der Waals surface area contributed by atoms with Gasteiger partial charge in [-0.3, -0.25) is 9.48 Å². The molecule has 2 fully saturated rings. The van der Waals surface area contributed by atoms with E-state index < -0.39 is 0 Å². The van der Waals surface area contributed by atoms with Crippen molar-refractivity contribution in [3.05, 3.63) is 23.8 Å². The van der Waals surface area contributed by atoms with E-state index in [0.717, 1.165) is 44.9 Å². The predicted octanol–water partition coefficient (Wildman–Crippen LogP) is 4.17. The van der Waals surface area contributed by atoms with Crippen LogP contribution in [0.15, 0.2) is 12.4 Å². The first-order valence-electron chi connectivity index (χ1n) is 14.3. The van der Waals surface area contributed by atoms with Gasteiger partial charge in [0.1, 0.15) is 24.9 Å². The van der Waals surface area contributed by atoms with E-state index in [2.05, 4.69) is 21.1 Å². The molecule has 0 aliphatic heterocycles. The highest BCUT2D eigenvalue weighted by molar-refractivity contribution is 5.72. The lowest BCUT2D eigenvalue weighted by atomic mass is 9.87. The second kappa shape index (κ2) is 14.3. The number of esters is 1. The number of carbonyl (C=O) groups excluding carboxylic acids is 2. The summed E-state index contributed by atoms with van der Waals surface area (Å²) < 4.78 is 24.0. The zero-order valence-corrected chi connectivity index (χ0v) is 24.4. The second-order valence-electron chi connectivity index (χ2n) is 10.9. The van der Waals surface area contributed by atoms with Gasteiger partial charge >= 0.3 is 12.1 Å². The second-order valence-corrected chi connectivity index (χ2v) is 10.9. The third kappa shape index (κ3) is 7.73. The van der Waals surface area contributed by atoms with Gasteiger partial charge in [-0.15, -0.1) is 0 Å². The summed E-state index contributed by atoms with van der Waals surface area (Å²) in [5.41, 5.74) is 1.71. The molecule has 2 saturated carbocycles. The van der Waals surface area contributed by atoms with E-state index in [4.69, 9.17) is 18.9 Å². The number of hydrogen-bond acceptors (Lipinski definition) is 10. The van der Waals surface area contributed by atoms with Gasteiger partial charge in [-0.05, 0) is 45.4 Å². The fourth-order valence-electron chi connectivity index (χ4n) is 5.45. The monoisotopic (exact) mass is 568 g/mol. The molecule has 12 nitrogen and oxygen atoms in total. The van der Waals surface area contributed by atoms with Gasteiger partial charge in [0.05, 0.1) is 29.7 Å². The average Bonchev–Trinajstić information content (AvgIpc) is 3.65. The van der Waals surface area contributed by atoms with Crippen molar-refractivity contribution in [1.82, 2.24) is 24.6 Å². The summed E-state index contributed by atoms with van der Waals surface area (Å²) in [4.78, 5) is 35.9. The van der Waals surface area contributed by atoms with Crippen LogP contribution >= 0.6 is 0 Å². The van der Waals surface area contributed by atoms with Crippen molar-refractivity contribution in [2.75, 3.05) is 20.8 Å². The van der Waals surface area contributed by atoms with Crippen LogP contribution in [0.5, 0.6) is 5.88 Å². The van der Waals surface area contributed by atoms with Crippen molar-refractivity contribution in [2.45, 2.75) is 89.6 Å². The molecule has 222 valence electrons. The summed E-state index contributed by atoms with van der Waals surface area (Å²) >= 11 is 0. The maximum Gasteiger partial charge on any atom is 0.410 e. The molecule has 12 heteroatoms. The molecule has 1 amide bonds. The number of ether oxygens (including phenoxy) is 4. The molecule has 2 aromatic heterocycles. The lowest BCUT2D eigenvalue weighted by Gasteiger charge is -2.29. The number of carbonyl (C=O) groups is 2. The number of aromatic nitrogens is 4. The van der Waals surface area contributed by atoms with Crippen LogP contribution in [0, 0.1) is 17.2 Å². The molecule has 2 heterocycles. The van der Waals surface area contributed by atoms with Crippen molar-refractivity contribution in [2.24, 2.45) is 13.0 Å². The Bertz CT molecular complexity index is 1240. The van der Waals surface area contributed by atoms with Crippen LogP contribution in [-0.4, -0.2) is 75.7 Å². The van der Waals surface area contributed by atoms with Crippen LogP contribution in [0.4, 0.5) is 4.79 Å². The summed E-state index contributed by atoms with van der Waals surface area (Å²) in [6, 6.07) is 2.28.